The van der Waals surface area contributed by atoms with E-state index in [1.54, 1.807) is 6.08 Å². The van der Waals surface area contributed by atoms with Crippen molar-refractivity contribution in [3.05, 3.63) is 12.2 Å². The number of hydrogen-bond donors (Lipinski definition) is 1. The van der Waals surface area contributed by atoms with Gasteiger partial charge >= 0.3 is 5.97 Å². The zero-order chi connectivity index (χ0) is 10.3. The minimum Gasteiger partial charge on any atom is -0.478 e. The van der Waals surface area contributed by atoms with Crippen LogP contribution in [0.25, 0.3) is 0 Å². The Morgan fingerprint density at radius 2 is 2.23 bits per heavy atom. The van der Waals surface area contributed by atoms with Crippen LogP contribution < -0.4 is 0 Å². The molecule has 0 saturated heterocycles. The van der Waals surface area contributed by atoms with E-state index in [2.05, 4.69) is 18.7 Å². The quantitative estimate of drug-likeness (QED) is 0.641. The van der Waals surface area contributed by atoms with Gasteiger partial charge in [-0.15, -0.1) is 0 Å². The molecule has 0 spiro atoms. The summed E-state index contributed by atoms with van der Waals surface area (Å²) in [7, 11) is 2.01. The second kappa shape index (κ2) is 6.66. The SMILES string of the molecule is CCCC(C)N(C)C/C=C/C(=O)O. The number of aliphatic carboxylic acids is 1. The summed E-state index contributed by atoms with van der Waals surface area (Å²) in [6.45, 7) is 5.00. The molecule has 1 atom stereocenters. The molecule has 0 aromatic heterocycles. The Morgan fingerprint density at radius 3 is 2.69 bits per heavy atom. The number of carboxylic acids is 1. The van der Waals surface area contributed by atoms with Gasteiger partial charge in [-0.05, 0) is 20.4 Å². The zero-order valence-electron chi connectivity index (χ0n) is 8.66. The monoisotopic (exact) mass is 185 g/mol. The van der Waals surface area contributed by atoms with E-state index in [0.29, 0.717) is 12.6 Å². The van der Waals surface area contributed by atoms with Crippen LogP contribution in [0.5, 0.6) is 0 Å². The average Bonchev–Trinajstić information content (AvgIpc) is 2.04. The Hall–Kier alpha value is -0.830. The van der Waals surface area contributed by atoms with Gasteiger partial charge in [0, 0.05) is 18.7 Å². The van der Waals surface area contributed by atoms with Crippen LogP contribution in [-0.4, -0.2) is 35.6 Å². The zero-order valence-corrected chi connectivity index (χ0v) is 8.66. The van der Waals surface area contributed by atoms with E-state index in [4.69, 9.17) is 5.11 Å². The van der Waals surface area contributed by atoms with Gasteiger partial charge in [-0.25, -0.2) is 4.79 Å². The molecular weight excluding hydrogens is 166 g/mol. The average molecular weight is 185 g/mol. The molecule has 76 valence electrons. The van der Waals surface area contributed by atoms with Gasteiger partial charge in [0.1, 0.15) is 0 Å². The first-order valence-corrected chi connectivity index (χ1v) is 4.67. The number of likely N-dealkylation sites (N-methyl/N-ethyl adjacent to an activating group) is 1. The van der Waals surface area contributed by atoms with Gasteiger partial charge < -0.3 is 10.0 Å². The highest BCUT2D eigenvalue weighted by molar-refractivity contribution is 5.79. The third-order valence-electron chi connectivity index (χ3n) is 2.11. The van der Waals surface area contributed by atoms with Crippen molar-refractivity contribution in [2.45, 2.75) is 32.7 Å². The van der Waals surface area contributed by atoms with E-state index in [0.717, 1.165) is 12.8 Å². The second-order valence-electron chi connectivity index (χ2n) is 3.32. The fourth-order valence-corrected chi connectivity index (χ4v) is 1.14. The van der Waals surface area contributed by atoms with Crippen LogP contribution in [0.3, 0.4) is 0 Å². The Bertz CT molecular complexity index is 178. The van der Waals surface area contributed by atoms with Crippen LogP contribution in [0.1, 0.15) is 26.7 Å². The lowest BCUT2D eigenvalue weighted by molar-refractivity contribution is -0.131. The lowest BCUT2D eigenvalue weighted by Crippen LogP contribution is -2.28. The minimum absolute atomic E-state index is 0.517. The van der Waals surface area contributed by atoms with Gasteiger partial charge in [0.2, 0.25) is 0 Å². The van der Waals surface area contributed by atoms with E-state index >= 15 is 0 Å². The smallest absolute Gasteiger partial charge is 0.328 e. The number of rotatable bonds is 6. The molecule has 0 bridgehead atoms. The van der Waals surface area contributed by atoms with Crippen LogP contribution in [0, 0.1) is 0 Å². The molecule has 0 aromatic rings. The molecule has 0 amide bonds. The molecule has 1 unspecified atom stereocenters. The molecule has 0 aliphatic rings. The fourth-order valence-electron chi connectivity index (χ4n) is 1.14. The molecule has 3 heteroatoms. The number of nitrogens with zero attached hydrogens (tertiary/aromatic N) is 1. The van der Waals surface area contributed by atoms with Gasteiger partial charge in [0.15, 0.2) is 0 Å². The van der Waals surface area contributed by atoms with Crippen LogP contribution in [-0.2, 0) is 4.79 Å². The van der Waals surface area contributed by atoms with Crippen molar-refractivity contribution in [1.29, 1.82) is 0 Å². The standard InChI is InChI=1S/C10H19NO2/c1-4-6-9(2)11(3)8-5-7-10(12)13/h5,7,9H,4,6,8H2,1-3H3,(H,12,13)/b7-5+. The molecule has 0 saturated carbocycles. The number of carboxylic acid groups (broad SMARTS) is 1. The third kappa shape index (κ3) is 6.34. The first-order valence-electron chi connectivity index (χ1n) is 4.67. The topological polar surface area (TPSA) is 40.5 Å². The van der Waals surface area contributed by atoms with Crippen molar-refractivity contribution in [3.63, 3.8) is 0 Å². The molecule has 0 aliphatic carbocycles. The van der Waals surface area contributed by atoms with E-state index in [9.17, 15) is 4.79 Å². The Morgan fingerprint density at radius 1 is 1.62 bits per heavy atom. The summed E-state index contributed by atoms with van der Waals surface area (Å²) in [4.78, 5) is 12.3. The maximum absolute atomic E-state index is 10.2. The van der Waals surface area contributed by atoms with E-state index in [-0.39, 0.29) is 0 Å². The predicted molar refractivity (Wildman–Crippen MR) is 53.8 cm³/mol. The van der Waals surface area contributed by atoms with Crippen molar-refractivity contribution < 1.29 is 9.90 Å². The van der Waals surface area contributed by atoms with Crippen molar-refractivity contribution in [1.82, 2.24) is 4.90 Å². The van der Waals surface area contributed by atoms with Gasteiger partial charge in [0.05, 0.1) is 0 Å². The Labute approximate surface area is 80.0 Å². The lowest BCUT2D eigenvalue weighted by Gasteiger charge is -2.22. The van der Waals surface area contributed by atoms with Crippen molar-refractivity contribution in [3.8, 4) is 0 Å². The second-order valence-corrected chi connectivity index (χ2v) is 3.32. The largest absolute Gasteiger partial charge is 0.478 e. The van der Waals surface area contributed by atoms with E-state index in [1.165, 1.54) is 6.08 Å². The molecule has 0 aromatic carbocycles. The van der Waals surface area contributed by atoms with Gasteiger partial charge in [-0.3, -0.25) is 0 Å². The highest BCUT2D eigenvalue weighted by Gasteiger charge is 2.05. The lowest BCUT2D eigenvalue weighted by atomic mass is 10.2. The summed E-state index contributed by atoms with van der Waals surface area (Å²) < 4.78 is 0. The summed E-state index contributed by atoms with van der Waals surface area (Å²) in [6.07, 6.45) is 5.18. The summed E-state index contributed by atoms with van der Waals surface area (Å²) >= 11 is 0. The molecule has 0 heterocycles. The highest BCUT2D eigenvalue weighted by atomic mass is 16.4. The van der Waals surface area contributed by atoms with Crippen LogP contribution in [0.15, 0.2) is 12.2 Å². The van der Waals surface area contributed by atoms with Crippen molar-refractivity contribution in [2.75, 3.05) is 13.6 Å². The molecular formula is C10H19NO2. The molecule has 0 fully saturated rings. The van der Waals surface area contributed by atoms with Gasteiger partial charge in [-0.2, -0.15) is 0 Å². The summed E-state index contributed by atoms with van der Waals surface area (Å²) in [5.74, 6) is -0.878. The maximum Gasteiger partial charge on any atom is 0.328 e. The molecule has 0 rings (SSSR count). The Balaban J connectivity index is 3.72. The predicted octanol–water partition coefficient (Wildman–Crippen LogP) is 1.75. The van der Waals surface area contributed by atoms with Crippen molar-refractivity contribution in [2.24, 2.45) is 0 Å². The maximum atomic E-state index is 10.2. The first-order chi connectivity index (χ1) is 6.07. The third-order valence-corrected chi connectivity index (χ3v) is 2.11. The van der Waals surface area contributed by atoms with E-state index < -0.39 is 5.97 Å². The number of hydrogen-bond acceptors (Lipinski definition) is 2. The highest BCUT2D eigenvalue weighted by Crippen LogP contribution is 2.03. The van der Waals surface area contributed by atoms with E-state index in [1.807, 2.05) is 7.05 Å². The summed E-state index contributed by atoms with van der Waals surface area (Å²) in [5.41, 5.74) is 0. The molecule has 0 radical (unpaired) electrons. The minimum atomic E-state index is -0.878. The summed E-state index contributed by atoms with van der Waals surface area (Å²) in [5, 5.41) is 8.36. The van der Waals surface area contributed by atoms with Gasteiger partial charge in [-0.1, -0.05) is 19.4 Å². The van der Waals surface area contributed by atoms with Crippen LogP contribution in [0.4, 0.5) is 0 Å². The van der Waals surface area contributed by atoms with Crippen LogP contribution in [0.2, 0.25) is 0 Å². The number of carbonyl (C=O) groups is 1. The fraction of sp³-hybridized carbons (Fsp3) is 0.700. The molecule has 3 nitrogen and oxygen atoms in total. The normalized spacial score (nSPS) is 13.8. The Kier molecular flexibility index (Phi) is 6.24. The molecule has 1 N–H and O–H groups in total. The molecule has 0 aliphatic heterocycles. The van der Waals surface area contributed by atoms with Gasteiger partial charge in [0.25, 0.3) is 0 Å². The van der Waals surface area contributed by atoms with Crippen molar-refractivity contribution >= 4 is 5.97 Å². The molecule has 13 heavy (non-hydrogen) atoms. The van der Waals surface area contributed by atoms with Crippen LogP contribution >= 0.6 is 0 Å². The summed E-state index contributed by atoms with van der Waals surface area (Å²) in [6, 6.07) is 0.517. The first kappa shape index (κ1) is 12.2.